The summed E-state index contributed by atoms with van der Waals surface area (Å²) < 4.78 is 0. The van der Waals surface area contributed by atoms with Crippen molar-refractivity contribution in [3.05, 3.63) is 29.3 Å². The van der Waals surface area contributed by atoms with Gasteiger partial charge >= 0.3 is 0 Å². The SMILES string of the molecule is Cc1ccc2c(c1)C(CNCC(C)C)CCN2. The summed E-state index contributed by atoms with van der Waals surface area (Å²) in [5, 5.41) is 7.08. The molecule has 0 aromatic heterocycles. The van der Waals surface area contributed by atoms with Crippen LogP contribution in [-0.2, 0) is 0 Å². The quantitative estimate of drug-likeness (QED) is 0.833. The van der Waals surface area contributed by atoms with E-state index in [4.69, 9.17) is 0 Å². The van der Waals surface area contributed by atoms with E-state index in [1.165, 1.54) is 23.2 Å². The molecule has 2 N–H and O–H groups in total. The summed E-state index contributed by atoms with van der Waals surface area (Å²) in [6.07, 6.45) is 1.24. The molecular formula is C15H24N2. The average Bonchev–Trinajstić information content (AvgIpc) is 2.29. The van der Waals surface area contributed by atoms with E-state index in [0.717, 1.165) is 25.6 Å². The van der Waals surface area contributed by atoms with Crippen molar-refractivity contribution >= 4 is 5.69 Å². The molecule has 0 fully saturated rings. The van der Waals surface area contributed by atoms with Crippen LogP contribution in [0.15, 0.2) is 18.2 Å². The van der Waals surface area contributed by atoms with Crippen molar-refractivity contribution in [2.75, 3.05) is 25.0 Å². The van der Waals surface area contributed by atoms with E-state index in [2.05, 4.69) is 49.6 Å². The highest BCUT2D eigenvalue weighted by molar-refractivity contribution is 5.56. The Hall–Kier alpha value is -1.02. The first-order valence-corrected chi connectivity index (χ1v) is 6.72. The van der Waals surface area contributed by atoms with Crippen molar-refractivity contribution in [1.82, 2.24) is 5.32 Å². The molecular weight excluding hydrogens is 208 g/mol. The number of hydrogen-bond acceptors (Lipinski definition) is 2. The van der Waals surface area contributed by atoms with E-state index in [-0.39, 0.29) is 0 Å². The fraction of sp³-hybridized carbons (Fsp3) is 0.600. The third-order valence-corrected chi connectivity index (χ3v) is 3.40. The van der Waals surface area contributed by atoms with Gasteiger partial charge in [0.15, 0.2) is 0 Å². The number of anilines is 1. The Labute approximate surface area is 105 Å². The standard InChI is InChI=1S/C15H24N2/c1-11(2)9-16-10-13-6-7-17-15-5-4-12(3)8-14(13)15/h4-5,8,11,13,16-17H,6-7,9-10H2,1-3H3. The van der Waals surface area contributed by atoms with Crippen LogP contribution < -0.4 is 10.6 Å². The molecule has 0 spiro atoms. The fourth-order valence-corrected chi connectivity index (χ4v) is 2.48. The second kappa shape index (κ2) is 5.54. The summed E-state index contributed by atoms with van der Waals surface area (Å²) in [7, 11) is 0. The average molecular weight is 232 g/mol. The normalized spacial score (nSPS) is 18.9. The topological polar surface area (TPSA) is 24.1 Å². The molecule has 0 saturated carbocycles. The Morgan fingerprint density at radius 2 is 2.24 bits per heavy atom. The first kappa shape index (κ1) is 12.4. The Kier molecular flexibility index (Phi) is 4.06. The molecule has 2 rings (SSSR count). The fourth-order valence-electron chi connectivity index (χ4n) is 2.48. The number of rotatable bonds is 4. The van der Waals surface area contributed by atoms with Gasteiger partial charge in [0.2, 0.25) is 0 Å². The van der Waals surface area contributed by atoms with Gasteiger partial charge < -0.3 is 10.6 Å². The van der Waals surface area contributed by atoms with Crippen molar-refractivity contribution in [3.8, 4) is 0 Å². The molecule has 2 nitrogen and oxygen atoms in total. The van der Waals surface area contributed by atoms with Crippen molar-refractivity contribution in [1.29, 1.82) is 0 Å². The lowest BCUT2D eigenvalue weighted by Gasteiger charge is -2.27. The summed E-state index contributed by atoms with van der Waals surface area (Å²) >= 11 is 0. The summed E-state index contributed by atoms with van der Waals surface area (Å²) in [5.74, 6) is 1.40. The Morgan fingerprint density at radius 3 is 3.00 bits per heavy atom. The van der Waals surface area contributed by atoms with Gasteiger partial charge in [-0.2, -0.15) is 0 Å². The molecule has 0 aliphatic carbocycles. The third-order valence-electron chi connectivity index (χ3n) is 3.40. The van der Waals surface area contributed by atoms with Crippen molar-refractivity contribution in [3.63, 3.8) is 0 Å². The van der Waals surface area contributed by atoms with Gasteiger partial charge in [0.1, 0.15) is 0 Å². The van der Waals surface area contributed by atoms with E-state index < -0.39 is 0 Å². The monoisotopic (exact) mass is 232 g/mol. The van der Waals surface area contributed by atoms with Crippen LogP contribution in [0.5, 0.6) is 0 Å². The zero-order valence-corrected chi connectivity index (χ0v) is 11.2. The molecule has 17 heavy (non-hydrogen) atoms. The van der Waals surface area contributed by atoms with Gasteiger partial charge in [-0.25, -0.2) is 0 Å². The summed E-state index contributed by atoms with van der Waals surface area (Å²) in [6.45, 7) is 10.0. The van der Waals surface area contributed by atoms with Crippen LogP contribution in [0.25, 0.3) is 0 Å². The molecule has 1 aliphatic rings. The molecule has 0 radical (unpaired) electrons. The lowest BCUT2D eigenvalue weighted by atomic mass is 9.89. The van der Waals surface area contributed by atoms with Gasteiger partial charge in [-0.3, -0.25) is 0 Å². The first-order valence-electron chi connectivity index (χ1n) is 6.72. The van der Waals surface area contributed by atoms with Gasteiger partial charge in [0.25, 0.3) is 0 Å². The van der Waals surface area contributed by atoms with E-state index in [9.17, 15) is 0 Å². The molecule has 1 unspecified atom stereocenters. The van der Waals surface area contributed by atoms with E-state index in [0.29, 0.717) is 5.92 Å². The van der Waals surface area contributed by atoms with Gasteiger partial charge in [0.05, 0.1) is 0 Å². The second-order valence-corrected chi connectivity index (χ2v) is 5.56. The largest absolute Gasteiger partial charge is 0.385 e. The molecule has 0 saturated heterocycles. The van der Waals surface area contributed by atoms with Gasteiger partial charge in [-0.1, -0.05) is 31.5 Å². The van der Waals surface area contributed by atoms with E-state index in [1.807, 2.05) is 0 Å². The minimum Gasteiger partial charge on any atom is -0.385 e. The van der Waals surface area contributed by atoms with Crippen LogP contribution in [0.1, 0.15) is 37.3 Å². The number of benzene rings is 1. The molecule has 1 heterocycles. The lowest BCUT2D eigenvalue weighted by Crippen LogP contribution is -2.29. The van der Waals surface area contributed by atoms with Crippen molar-refractivity contribution < 1.29 is 0 Å². The third kappa shape index (κ3) is 3.22. The summed E-state index contributed by atoms with van der Waals surface area (Å²) in [5.41, 5.74) is 4.19. The number of fused-ring (bicyclic) bond motifs is 1. The molecule has 2 heteroatoms. The maximum absolute atomic E-state index is 3.59. The molecule has 94 valence electrons. The van der Waals surface area contributed by atoms with Crippen molar-refractivity contribution in [2.24, 2.45) is 5.92 Å². The van der Waals surface area contributed by atoms with Crippen molar-refractivity contribution in [2.45, 2.75) is 33.1 Å². The minimum atomic E-state index is 0.671. The maximum atomic E-state index is 3.59. The second-order valence-electron chi connectivity index (χ2n) is 5.56. The van der Waals surface area contributed by atoms with E-state index in [1.54, 1.807) is 0 Å². The van der Waals surface area contributed by atoms with Gasteiger partial charge in [0, 0.05) is 24.7 Å². The zero-order valence-electron chi connectivity index (χ0n) is 11.2. The van der Waals surface area contributed by atoms with Crippen LogP contribution in [0.2, 0.25) is 0 Å². The molecule has 1 atom stereocenters. The number of nitrogens with one attached hydrogen (secondary N) is 2. The number of hydrogen-bond donors (Lipinski definition) is 2. The van der Waals surface area contributed by atoms with Crippen LogP contribution in [0.3, 0.4) is 0 Å². The molecule has 0 bridgehead atoms. The summed E-state index contributed by atoms with van der Waals surface area (Å²) in [4.78, 5) is 0. The predicted molar refractivity (Wildman–Crippen MR) is 74.7 cm³/mol. The highest BCUT2D eigenvalue weighted by Crippen LogP contribution is 2.31. The molecule has 1 aromatic rings. The van der Waals surface area contributed by atoms with Crippen LogP contribution in [0, 0.1) is 12.8 Å². The predicted octanol–water partition coefficient (Wildman–Crippen LogP) is 3.14. The lowest BCUT2D eigenvalue weighted by molar-refractivity contribution is 0.501. The van der Waals surface area contributed by atoms with Gasteiger partial charge in [-0.05, 0) is 37.4 Å². The Bertz CT molecular complexity index is 371. The molecule has 1 aromatic carbocycles. The highest BCUT2D eigenvalue weighted by atomic mass is 14.9. The van der Waals surface area contributed by atoms with E-state index >= 15 is 0 Å². The Balaban J connectivity index is 2.03. The maximum Gasteiger partial charge on any atom is 0.0376 e. The smallest absolute Gasteiger partial charge is 0.0376 e. The molecule has 1 aliphatic heterocycles. The van der Waals surface area contributed by atoms with Crippen LogP contribution in [0.4, 0.5) is 5.69 Å². The van der Waals surface area contributed by atoms with Crippen LogP contribution in [-0.4, -0.2) is 19.6 Å². The van der Waals surface area contributed by atoms with Crippen LogP contribution >= 0.6 is 0 Å². The first-order chi connectivity index (χ1) is 8.16. The molecule has 0 amide bonds. The van der Waals surface area contributed by atoms with Gasteiger partial charge in [-0.15, -0.1) is 0 Å². The highest BCUT2D eigenvalue weighted by Gasteiger charge is 2.19. The Morgan fingerprint density at radius 1 is 1.41 bits per heavy atom. The number of aryl methyl sites for hydroxylation is 1. The summed E-state index contributed by atoms with van der Waals surface area (Å²) in [6, 6.07) is 6.75. The minimum absolute atomic E-state index is 0.671. The zero-order chi connectivity index (χ0) is 12.3.